The molecule has 0 atom stereocenters. The molecule has 0 bridgehead atoms. The van der Waals surface area contributed by atoms with Crippen molar-refractivity contribution in [3.05, 3.63) is 23.8 Å². The molecule has 1 aromatic carbocycles. The zero-order valence-electron chi connectivity index (χ0n) is 11.7. The molecule has 5 heteroatoms. The molecule has 0 aliphatic heterocycles. The van der Waals surface area contributed by atoms with E-state index >= 15 is 0 Å². The molecular weight excluding hydrogens is 264 g/mol. The van der Waals surface area contributed by atoms with Crippen LogP contribution in [-0.2, 0) is 6.54 Å². The smallest absolute Gasteiger partial charge is 0.387 e. The molecule has 0 amide bonds. The number of rotatable bonds is 7. The largest absolute Gasteiger partial charge is 0.490 e. The molecule has 20 heavy (non-hydrogen) atoms. The molecule has 1 aromatic rings. The maximum atomic E-state index is 12.3. The molecule has 1 aliphatic carbocycles. The Morgan fingerprint density at radius 3 is 2.65 bits per heavy atom. The van der Waals surface area contributed by atoms with Crippen molar-refractivity contribution >= 4 is 0 Å². The van der Waals surface area contributed by atoms with Gasteiger partial charge < -0.3 is 14.8 Å². The Morgan fingerprint density at radius 2 is 2.00 bits per heavy atom. The standard InChI is InChI=1S/C15H21F2NO2/c1-2-19-14-9-11(7-8-13(14)20-15(16)17)10-18-12-5-3-4-6-12/h7-9,12,15,18H,2-6,10H2,1H3. The highest BCUT2D eigenvalue weighted by atomic mass is 19.3. The Morgan fingerprint density at radius 1 is 1.25 bits per heavy atom. The van der Waals surface area contributed by atoms with E-state index in [1.807, 2.05) is 6.92 Å². The van der Waals surface area contributed by atoms with Gasteiger partial charge in [-0.3, -0.25) is 0 Å². The summed E-state index contributed by atoms with van der Waals surface area (Å²) in [5.74, 6) is 0.463. The van der Waals surface area contributed by atoms with E-state index in [1.165, 1.54) is 25.7 Å². The predicted molar refractivity (Wildman–Crippen MR) is 73.3 cm³/mol. The second-order valence-electron chi connectivity index (χ2n) is 4.95. The number of hydrogen-bond acceptors (Lipinski definition) is 3. The quantitative estimate of drug-likeness (QED) is 0.828. The third kappa shape index (κ3) is 4.34. The Balaban J connectivity index is 2.00. The van der Waals surface area contributed by atoms with Crippen LogP contribution in [0.1, 0.15) is 38.2 Å². The first-order chi connectivity index (χ1) is 9.69. The Hall–Kier alpha value is -1.36. The maximum absolute atomic E-state index is 12.3. The van der Waals surface area contributed by atoms with Crippen LogP contribution in [-0.4, -0.2) is 19.3 Å². The third-order valence-electron chi connectivity index (χ3n) is 3.47. The molecule has 0 radical (unpaired) electrons. The molecule has 1 N–H and O–H groups in total. The lowest BCUT2D eigenvalue weighted by Gasteiger charge is -2.15. The predicted octanol–water partition coefficient (Wildman–Crippen LogP) is 3.72. The SMILES string of the molecule is CCOc1cc(CNC2CCCC2)ccc1OC(F)F. The molecule has 1 aliphatic rings. The van der Waals surface area contributed by atoms with Gasteiger partial charge in [0.1, 0.15) is 0 Å². The van der Waals surface area contributed by atoms with Gasteiger partial charge in [-0.1, -0.05) is 18.9 Å². The monoisotopic (exact) mass is 285 g/mol. The Labute approximate surface area is 118 Å². The van der Waals surface area contributed by atoms with Crippen molar-refractivity contribution in [1.29, 1.82) is 0 Å². The molecule has 0 unspecified atom stereocenters. The Bertz CT molecular complexity index is 420. The number of ether oxygens (including phenoxy) is 2. The second-order valence-corrected chi connectivity index (χ2v) is 4.95. The van der Waals surface area contributed by atoms with E-state index in [0.717, 1.165) is 12.1 Å². The zero-order valence-corrected chi connectivity index (χ0v) is 11.7. The van der Waals surface area contributed by atoms with Crippen LogP contribution in [0.4, 0.5) is 8.78 Å². The van der Waals surface area contributed by atoms with Gasteiger partial charge in [-0.25, -0.2) is 0 Å². The summed E-state index contributed by atoms with van der Waals surface area (Å²) in [5, 5.41) is 3.48. The van der Waals surface area contributed by atoms with Gasteiger partial charge in [0.25, 0.3) is 0 Å². The first-order valence-corrected chi connectivity index (χ1v) is 7.13. The van der Waals surface area contributed by atoms with Crippen molar-refractivity contribution in [3.8, 4) is 11.5 Å². The van der Waals surface area contributed by atoms with E-state index < -0.39 is 6.61 Å². The second kappa shape index (κ2) is 7.43. The van der Waals surface area contributed by atoms with Gasteiger partial charge in [0, 0.05) is 12.6 Å². The van der Waals surface area contributed by atoms with E-state index in [2.05, 4.69) is 10.1 Å². The normalized spacial score (nSPS) is 15.8. The lowest BCUT2D eigenvalue weighted by molar-refractivity contribution is -0.0514. The molecule has 0 heterocycles. The first kappa shape index (κ1) is 15.0. The fourth-order valence-electron chi connectivity index (χ4n) is 2.52. The summed E-state index contributed by atoms with van der Waals surface area (Å²) in [6, 6.07) is 5.68. The van der Waals surface area contributed by atoms with Gasteiger partial charge in [0.15, 0.2) is 11.5 Å². The average Bonchev–Trinajstić information content (AvgIpc) is 2.92. The van der Waals surface area contributed by atoms with Crippen LogP contribution in [0.5, 0.6) is 11.5 Å². The molecule has 3 nitrogen and oxygen atoms in total. The van der Waals surface area contributed by atoms with Crippen LogP contribution in [0.15, 0.2) is 18.2 Å². The van der Waals surface area contributed by atoms with Gasteiger partial charge in [-0.15, -0.1) is 0 Å². The molecular formula is C15H21F2NO2. The van der Waals surface area contributed by atoms with Crippen molar-refractivity contribution in [2.45, 2.75) is 51.8 Å². The van der Waals surface area contributed by atoms with Gasteiger partial charge in [-0.2, -0.15) is 8.78 Å². The molecule has 0 saturated heterocycles. The average molecular weight is 285 g/mol. The lowest BCUT2D eigenvalue weighted by atomic mass is 10.1. The molecule has 112 valence electrons. The van der Waals surface area contributed by atoms with Crippen LogP contribution >= 0.6 is 0 Å². The topological polar surface area (TPSA) is 30.5 Å². The minimum absolute atomic E-state index is 0.0893. The summed E-state index contributed by atoms with van der Waals surface area (Å²) >= 11 is 0. The van der Waals surface area contributed by atoms with E-state index in [0.29, 0.717) is 18.4 Å². The molecule has 0 spiro atoms. The highest BCUT2D eigenvalue weighted by Crippen LogP contribution is 2.30. The van der Waals surface area contributed by atoms with Crippen LogP contribution in [0, 0.1) is 0 Å². The van der Waals surface area contributed by atoms with Crippen LogP contribution < -0.4 is 14.8 Å². The molecule has 1 saturated carbocycles. The van der Waals surface area contributed by atoms with E-state index in [-0.39, 0.29) is 5.75 Å². The van der Waals surface area contributed by atoms with Crippen LogP contribution in [0.25, 0.3) is 0 Å². The number of halogens is 2. The highest BCUT2D eigenvalue weighted by Gasteiger charge is 2.15. The van der Waals surface area contributed by atoms with Crippen molar-refractivity contribution < 1.29 is 18.3 Å². The van der Waals surface area contributed by atoms with E-state index in [4.69, 9.17) is 4.74 Å². The lowest BCUT2D eigenvalue weighted by Crippen LogP contribution is -2.25. The third-order valence-corrected chi connectivity index (χ3v) is 3.47. The van der Waals surface area contributed by atoms with Gasteiger partial charge in [0.2, 0.25) is 0 Å². The first-order valence-electron chi connectivity index (χ1n) is 7.13. The fraction of sp³-hybridized carbons (Fsp3) is 0.600. The highest BCUT2D eigenvalue weighted by molar-refractivity contribution is 5.43. The summed E-state index contributed by atoms with van der Waals surface area (Å²) in [6.07, 6.45) is 4.99. The summed E-state index contributed by atoms with van der Waals surface area (Å²) < 4.78 is 34.4. The van der Waals surface area contributed by atoms with Gasteiger partial charge in [-0.05, 0) is 37.5 Å². The summed E-state index contributed by atoms with van der Waals surface area (Å²) in [4.78, 5) is 0. The van der Waals surface area contributed by atoms with Crippen molar-refractivity contribution in [2.24, 2.45) is 0 Å². The fourth-order valence-corrected chi connectivity index (χ4v) is 2.52. The van der Waals surface area contributed by atoms with Gasteiger partial charge >= 0.3 is 6.61 Å². The number of alkyl halides is 2. The minimum Gasteiger partial charge on any atom is -0.490 e. The Kier molecular flexibility index (Phi) is 5.59. The zero-order chi connectivity index (χ0) is 14.4. The number of benzene rings is 1. The number of nitrogens with one attached hydrogen (secondary N) is 1. The summed E-state index contributed by atoms with van der Waals surface area (Å²) in [6.45, 7) is 0.116. The van der Waals surface area contributed by atoms with E-state index in [1.54, 1.807) is 18.2 Å². The minimum atomic E-state index is -2.84. The maximum Gasteiger partial charge on any atom is 0.387 e. The molecule has 1 fully saturated rings. The molecule has 0 aromatic heterocycles. The van der Waals surface area contributed by atoms with Crippen molar-refractivity contribution in [3.63, 3.8) is 0 Å². The van der Waals surface area contributed by atoms with Crippen molar-refractivity contribution in [2.75, 3.05) is 6.61 Å². The van der Waals surface area contributed by atoms with Gasteiger partial charge in [0.05, 0.1) is 6.61 Å². The van der Waals surface area contributed by atoms with Crippen LogP contribution in [0.2, 0.25) is 0 Å². The van der Waals surface area contributed by atoms with Crippen LogP contribution in [0.3, 0.4) is 0 Å². The summed E-state index contributed by atoms with van der Waals surface area (Å²) in [7, 11) is 0. The summed E-state index contributed by atoms with van der Waals surface area (Å²) in [5.41, 5.74) is 1.02. The van der Waals surface area contributed by atoms with E-state index in [9.17, 15) is 8.78 Å². The number of hydrogen-bond donors (Lipinski definition) is 1. The van der Waals surface area contributed by atoms with Crippen molar-refractivity contribution in [1.82, 2.24) is 5.32 Å². The molecule has 2 rings (SSSR count).